The van der Waals surface area contributed by atoms with Crippen LogP contribution in [-0.4, -0.2) is 35.7 Å². The topological polar surface area (TPSA) is 49.5 Å². The Morgan fingerprint density at radius 3 is 2.43 bits per heavy atom. The minimum absolute atomic E-state index is 0.0721. The molecule has 1 aliphatic rings. The predicted molar refractivity (Wildman–Crippen MR) is 91.2 cm³/mol. The Morgan fingerprint density at radius 2 is 1.81 bits per heavy atom. The monoisotopic (exact) mass is 354 g/mol. The van der Waals surface area contributed by atoms with Crippen molar-refractivity contribution < 1.29 is 5.11 Å². The minimum Gasteiger partial charge on any atom is -0.395 e. The second-order valence-corrected chi connectivity index (χ2v) is 6.91. The van der Waals surface area contributed by atoms with Gasteiger partial charge in [0, 0.05) is 29.6 Å². The standard InChI is InChI=1S/C17H27BrN2O/c18-15-8-6-14(7-9-15)17(19)10-11-20(12-13-21)16-4-2-1-3-5-16/h6-9,16-17,21H,1-5,10-13,19H2. The van der Waals surface area contributed by atoms with E-state index in [1.54, 1.807) is 0 Å². The van der Waals surface area contributed by atoms with Crippen molar-refractivity contribution in [2.45, 2.75) is 50.6 Å². The zero-order chi connectivity index (χ0) is 15.1. The van der Waals surface area contributed by atoms with Gasteiger partial charge in [-0.1, -0.05) is 47.3 Å². The van der Waals surface area contributed by atoms with Crippen molar-refractivity contribution in [2.24, 2.45) is 5.73 Å². The summed E-state index contributed by atoms with van der Waals surface area (Å²) >= 11 is 3.45. The van der Waals surface area contributed by atoms with Crippen molar-refractivity contribution in [2.75, 3.05) is 19.7 Å². The first-order valence-corrected chi connectivity index (χ1v) is 8.86. The van der Waals surface area contributed by atoms with Crippen molar-refractivity contribution in [3.8, 4) is 0 Å². The molecule has 1 aliphatic carbocycles. The van der Waals surface area contributed by atoms with Gasteiger partial charge >= 0.3 is 0 Å². The molecule has 1 fully saturated rings. The number of halogens is 1. The van der Waals surface area contributed by atoms with E-state index >= 15 is 0 Å². The van der Waals surface area contributed by atoms with Crippen LogP contribution < -0.4 is 5.73 Å². The third-order valence-electron chi connectivity index (χ3n) is 4.50. The van der Waals surface area contributed by atoms with Gasteiger partial charge in [-0.2, -0.15) is 0 Å². The number of aliphatic hydroxyl groups excluding tert-OH is 1. The first-order valence-electron chi connectivity index (χ1n) is 8.06. The highest BCUT2D eigenvalue weighted by molar-refractivity contribution is 9.10. The number of nitrogens with two attached hydrogens (primary N) is 1. The summed E-state index contributed by atoms with van der Waals surface area (Å²) in [4.78, 5) is 2.44. The minimum atomic E-state index is 0.0721. The summed E-state index contributed by atoms with van der Waals surface area (Å²) in [6, 6.07) is 8.98. The molecule has 1 unspecified atom stereocenters. The van der Waals surface area contributed by atoms with Crippen molar-refractivity contribution in [3.63, 3.8) is 0 Å². The van der Waals surface area contributed by atoms with Crippen LogP contribution in [0.25, 0.3) is 0 Å². The Hall–Kier alpha value is -0.420. The molecular weight excluding hydrogens is 328 g/mol. The van der Waals surface area contributed by atoms with E-state index in [1.807, 2.05) is 12.1 Å². The van der Waals surface area contributed by atoms with Crippen molar-refractivity contribution in [1.29, 1.82) is 0 Å². The second kappa shape index (κ2) is 8.89. The Bertz CT molecular complexity index is 404. The lowest BCUT2D eigenvalue weighted by molar-refractivity contribution is 0.120. The first-order chi connectivity index (χ1) is 10.2. The summed E-state index contributed by atoms with van der Waals surface area (Å²) in [5.41, 5.74) is 7.50. The van der Waals surface area contributed by atoms with Gasteiger partial charge in [0.25, 0.3) is 0 Å². The van der Waals surface area contributed by atoms with E-state index < -0.39 is 0 Å². The Labute approximate surface area is 136 Å². The van der Waals surface area contributed by atoms with Crippen LogP contribution in [0.3, 0.4) is 0 Å². The molecule has 0 amide bonds. The van der Waals surface area contributed by atoms with Gasteiger partial charge in [0.2, 0.25) is 0 Å². The fourth-order valence-corrected chi connectivity index (χ4v) is 3.50. The normalized spacial score (nSPS) is 18.1. The summed E-state index contributed by atoms with van der Waals surface area (Å²) in [6.07, 6.45) is 7.50. The molecule has 1 atom stereocenters. The Kier molecular flexibility index (Phi) is 7.17. The van der Waals surface area contributed by atoms with Crippen LogP contribution in [0.4, 0.5) is 0 Å². The third-order valence-corrected chi connectivity index (χ3v) is 5.03. The van der Waals surface area contributed by atoms with Crippen LogP contribution in [0.1, 0.15) is 50.1 Å². The Morgan fingerprint density at radius 1 is 1.14 bits per heavy atom. The predicted octanol–water partition coefficient (Wildman–Crippen LogP) is 3.47. The lowest BCUT2D eigenvalue weighted by Crippen LogP contribution is -2.40. The van der Waals surface area contributed by atoms with Crippen LogP contribution >= 0.6 is 15.9 Å². The average Bonchev–Trinajstić information content (AvgIpc) is 2.52. The van der Waals surface area contributed by atoms with Crippen LogP contribution in [0, 0.1) is 0 Å². The maximum atomic E-state index is 9.30. The number of nitrogens with zero attached hydrogens (tertiary/aromatic N) is 1. The van der Waals surface area contributed by atoms with E-state index in [2.05, 4.69) is 33.0 Å². The number of rotatable bonds is 7. The molecule has 2 rings (SSSR count). The van der Waals surface area contributed by atoms with Crippen LogP contribution in [0.2, 0.25) is 0 Å². The fraction of sp³-hybridized carbons (Fsp3) is 0.647. The van der Waals surface area contributed by atoms with E-state index in [4.69, 9.17) is 5.73 Å². The molecule has 4 heteroatoms. The van der Waals surface area contributed by atoms with Gasteiger partial charge in [0.1, 0.15) is 0 Å². The van der Waals surface area contributed by atoms with Crippen molar-refractivity contribution in [3.05, 3.63) is 34.3 Å². The van der Waals surface area contributed by atoms with Crippen LogP contribution in [-0.2, 0) is 0 Å². The number of hydrogen-bond donors (Lipinski definition) is 2. The molecule has 0 spiro atoms. The maximum absolute atomic E-state index is 9.30. The lowest BCUT2D eigenvalue weighted by atomic mass is 9.93. The molecule has 0 bridgehead atoms. The van der Waals surface area contributed by atoms with E-state index in [1.165, 1.54) is 37.7 Å². The van der Waals surface area contributed by atoms with E-state index in [-0.39, 0.29) is 12.6 Å². The highest BCUT2D eigenvalue weighted by atomic mass is 79.9. The van der Waals surface area contributed by atoms with E-state index in [9.17, 15) is 5.11 Å². The molecule has 1 aromatic rings. The van der Waals surface area contributed by atoms with Gasteiger partial charge in [-0.05, 0) is 37.0 Å². The van der Waals surface area contributed by atoms with Crippen molar-refractivity contribution in [1.82, 2.24) is 4.90 Å². The quantitative estimate of drug-likeness (QED) is 0.788. The largest absolute Gasteiger partial charge is 0.395 e. The molecule has 0 saturated heterocycles. The molecule has 1 saturated carbocycles. The molecule has 0 aliphatic heterocycles. The molecular formula is C17H27BrN2O. The molecule has 3 N–H and O–H groups in total. The van der Waals surface area contributed by atoms with Crippen LogP contribution in [0.15, 0.2) is 28.7 Å². The Balaban J connectivity index is 1.86. The summed E-state index contributed by atoms with van der Waals surface area (Å²) < 4.78 is 1.09. The fourth-order valence-electron chi connectivity index (χ4n) is 3.23. The SMILES string of the molecule is NC(CCN(CCO)C1CCCCC1)c1ccc(Br)cc1. The lowest BCUT2D eigenvalue weighted by Gasteiger charge is -2.34. The third kappa shape index (κ3) is 5.37. The molecule has 21 heavy (non-hydrogen) atoms. The number of benzene rings is 1. The summed E-state index contributed by atoms with van der Waals surface area (Å²) in [5.74, 6) is 0. The van der Waals surface area contributed by atoms with E-state index in [0.717, 1.165) is 24.0 Å². The zero-order valence-corrected chi connectivity index (χ0v) is 14.3. The van der Waals surface area contributed by atoms with Gasteiger partial charge in [-0.3, -0.25) is 4.90 Å². The maximum Gasteiger partial charge on any atom is 0.0558 e. The first kappa shape index (κ1) is 16.9. The molecule has 3 nitrogen and oxygen atoms in total. The van der Waals surface area contributed by atoms with Gasteiger partial charge in [-0.25, -0.2) is 0 Å². The molecule has 118 valence electrons. The van der Waals surface area contributed by atoms with Crippen LogP contribution in [0.5, 0.6) is 0 Å². The highest BCUT2D eigenvalue weighted by Crippen LogP contribution is 2.24. The average molecular weight is 355 g/mol. The highest BCUT2D eigenvalue weighted by Gasteiger charge is 2.21. The molecule has 1 aromatic carbocycles. The summed E-state index contributed by atoms with van der Waals surface area (Å²) in [7, 11) is 0. The van der Waals surface area contributed by atoms with Gasteiger partial charge in [0.05, 0.1) is 6.61 Å². The zero-order valence-electron chi connectivity index (χ0n) is 12.7. The summed E-state index contributed by atoms with van der Waals surface area (Å²) in [6.45, 7) is 1.99. The summed E-state index contributed by atoms with van der Waals surface area (Å²) in [5, 5.41) is 9.30. The number of hydrogen-bond acceptors (Lipinski definition) is 3. The van der Waals surface area contributed by atoms with Gasteiger partial charge < -0.3 is 10.8 Å². The smallest absolute Gasteiger partial charge is 0.0558 e. The van der Waals surface area contributed by atoms with Gasteiger partial charge in [-0.15, -0.1) is 0 Å². The molecule has 0 heterocycles. The van der Waals surface area contributed by atoms with Gasteiger partial charge in [0.15, 0.2) is 0 Å². The second-order valence-electron chi connectivity index (χ2n) is 6.00. The van der Waals surface area contributed by atoms with Crippen molar-refractivity contribution >= 4 is 15.9 Å². The molecule has 0 aromatic heterocycles. The van der Waals surface area contributed by atoms with E-state index in [0.29, 0.717) is 6.04 Å². The molecule has 0 radical (unpaired) electrons. The number of aliphatic hydroxyl groups is 1.